The molecule has 2 saturated heterocycles. The molecule has 2 aliphatic heterocycles. The summed E-state index contributed by atoms with van der Waals surface area (Å²) in [5.41, 5.74) is -1.66. The van der Waals surface area contributed by atoms with Crippen molar-refractivity contribution in [2.24, 2.45) is 0 Å². The van der Waals surface area contributed by atoms with Crippen LogP contribution < -0.4 is 0 Å². The fourth-order valence-corrected chi connectivity index (χ4v) is 2.48. The highest BCUT2D eigenvalue weighted by Gasteiger charge is 2.61. The van der Waals surface area contributed by atoms with Gasteiger partial charge in [-0.1, -0.05) is 12.2 Å². The standard InChI is InChI=1S/C15H20O6/c1-5-7-15(18-8-6-2)12(16)11(20-13(15)17)10-9-19-14(3,4)21-10/h5-6,10-11H,1-2,7-9H2,3-4H3/t10-,11+,15-/m0/s1. The number of carbonyl (C=O) groups is 2. The first-order chi connectivity index (χ1) is 9.86. The second-order valence-corrected chi connectivity index (χ2v) is 5.48. The molecule has 0 aromatic heterocycles. The van der Waals surface area contributed by atoms with Crippen LogP contribution in [-0.2, 0) is 28.5 Å². The van der Waals surface area contributed by atoms with Crippen molar-refractivity contribution in [3.63, 3.8) is 0 Å². The van der Waals surface area contributed by atoms with Gasteiger partial charge < -0.3 is 18.9 Å². The van der Waals surface area contributed by atoms with E-state index in [2.05, 4.69) is 13.2 Å². The van der Waals surface area contributed by atoms with E-state index in [1.165, 1.54) is 12.2 Å². The molecule has 0 amide bonds. The highest BCUT2D eigenvalue weighted by molar-refractivity contribution is 6.14. The Morgan fingerprint density at radius 1 is 1.33 bits per heavy atom. The van der Waals surface area contributed by atoms with Crippen molar-refractivity contribution in [3.8, 4) is 0 Å². The summed E-state index contributed by atoms with van der Waals surface area (Å²) < 4.78 is 21.7. The van der Waals surface area contributed by atoms with Crippen LogP contribution in [-0.4, -0.2) is 48.6 Å². The molecule has 3 atom stereocenters. The van der Waals surface area contributed by atoms with Gasteiger partial charge in [-0.25, -0.2) is 4.79 Å². The zero-order valence-corrected chi connectivity index (χ0v) is 12.3. The fraction of sp³-hybridized carbons (Fsp3) is 0.600. The first-order valence-corrected chi connectivity index (χ1v) is 6.79. The van der Waals surface area contributed by atoms with Crippen LogP contribution in [0.5, 0.6) is 0 Å². The summed E-state index contributed by atoms with van der Waals surface area (Å²) >= 11 is 0. The van der Waals surface area contributed by atoms with Gasteiger partial charge in [-0.15, -0.1) is 13.2 Å². The second kappa shape index (κ2) is 5.71. The lowest BCUT2D eigenvalue weighted by atomic mass is 9.92. The molecule has 2 heterocycles. The van der Waals surface area contributed by atoms with Crippen molar-refractivity contribution < 1.29 is 28.5 Å². The zero-order chi connectivity index (χ0) is 15.7. The molecule has 0 aromatic rings. The minimum absolute atomic E-state index is 0.0476. The molecule has 6 nitrogen and oxygen atoms in total. The third kappa shape index (κ3) is 2.79. The Morgan fingerprint density at radius 2 is 2.05 bits per heavy atom. The molecule has 0 N–H and O–H groups in total. The molecule has 2 fully saturated rings. The minimum atomic E-state index is -1.66. The van der Waals surface area contributed by atoms with Gasteiger partial charge >= 0.3 is 5.97 Å². The average molecular weight is 296 g/mol. The summed E-state index contributed by atoms with van der Waals surface area (Å²) in [7, 11) is 0. The topological polar surface area (TPSA) is 71.1 Å². The highest BCUT2D eigenvalue weighted by atomic mass is 16.8. The summed E-state index contributed by atoms with van der Waals surface area (Å²) in [6.45, 7) is 10.8. The highest BCUT2D eigenvalue weighted by Crippen LogP contribution is 2.35. The number of hydrogen-bond acceptors (Lipinski definition) is 6. The number of esters is 1. The van der Waals surface area contributed by atoms with Crippen LogP contribution in [0, 0.1) is 0 Å². The molecule has 0 aromatic carbocycles. The number of carbonyl (C=O) groups excluding carboxylic acids is 2. The van der Waals surface area contributed by atoms with Crippen LogP contribution in [0.2, 0.25) is 0 Å². The molecule has 2 aliphatic rings. The Labute approximate surface area is 123 Å². The number of ketones is 1. The Bertz CT molecular complexity index is 469. The van der Waals surface area contributed by atoms with Gasteiger partial charge in [-0.05, 0) is 13.8 Å². The molecule has 116 valence electrons. The largest absolute Gasteiger partial charge is 0.449 e. The van der Waals surface area contributed by atoms with Crippen LogP contribution in [0.3, 0.4) is 0 Å². The van der Waals surface area contributed by atoms with E-state index in [0.29, 0.717) is 0 Å². The van der Waals surface area contributed by atoms with Gasteiger partial charge in [-0.2, -0.15) is 0 Å². The molecule has 0 saturated carbocycles. The molecule has 0 unspecified atom stereocenters. The maximum atomic E-state index is 12.6. The van der Waals surface area contributed by atoms with Crippen molar-refractivity contribution in [1.29, 1.82) is 0 Å². The first kappa shape index (κ1) is 15.9. The van der Waals surface area contributed by atoms with Crippen LogP contribution in [0.1, 0.15) is 20.3 Å². The molecule has 0 radical (unpaired) electrons. The van der Waals surface area contributed by atoms with Gasteiger partial charge in [-0.3, -0.25) is 4.79 Å². The predicted molar refractivity (Wildman–Crippen MR) is 73.5 cm³/mol. The van der Waals surface area contributed by atoms with Gasteiger partial charge in [0.1, 0.15) is 6.10 Å². The quantitative estimate of drug-likeness (QED) is 0.416. The van der Waals surface area contributed by atoms with Crippen LogP contribution >= 0.6 is 0 Å². The van der Waals surface area contributed by atoms with E-state index in [9.17, 15) is 9.59 Å². The summed E-state index contributed by atoms with van der Waals surface area (Å²) in [5, 5.41) is 0. The van der Waals surface area contributed by atoms with Gasteiger partial charge in [0.15, 0.2) is 11.9 Å². The molecule has 0 bridgehead atoms. The third-order valence-electron chi connectivity index (χ3n) is 3.47. The van der Waals surface area contributed by atoms with Crippen molar-refractivity contribution in [2.75, 3.05) is 13.2 Å². The summed E-state index contributed by atoms with van der Waals surface area (Å²) in [5.74, 6) is -1.98. The monoisotopic (exact) mass is 296 g/mol. The van der Waals surface area contributed by atoms with Crippen molar-refractivity contribution in [1.82, 2.24) is 0 Å². The first-order valence-electron chi connectivity index (χ1n) is 6.79. The summed E-state index contributed by atoms with van der Waals surface area (Å²) in [4.78, 5) is 24.8. The third-order valence-corrected chi connectivity index (χ3v) is 3.47. The van der Waals surface area contributed by atoms with Gasteiger partial charge in [0, 0.05) is 6.42 Å². The average Bonchev–Trinajstić information content (AvgIpc) is 2.89. The molecular weight excluding hydrogens is 276 g/mol. The Balaban J connectivity index is 2.21. The molecule has 2 rings (SSSR count). The van der Waals surface area contributed by atoms with Crippen LogP contribution in [0.15, 0.2) is 25.3 Å². The minimum Gasteiger partial charge on any atom is -0.449 e. The van der Waals surface area contributed by atoms with E-state index in [1.807, 2.05) is 0 Å². The number of cyclic esters (lactones) is 1. The van der Waals surface area contributed by atoms with E-state index in [0.717, 1.165) is 0 Å². The van der Waals surface area contributed by atoms with E-state index < -0.39 is 35.3 Å². The number of rotatable bonds is 6. The smallest absolute Gasteiger partial charge is 0.347 e. The van der Waals surface area contributed by atoms with Crippen molar-refractivity contribution in [3.05, 3.63) is 25.3 Å². The summed E-state index contributed by atoms with van der Waals surface area (Å²) in [6.07, 6.45) is 1.32. The Kier molecular flexibility index (Phi) is 4.32. The number of ether oxygens (including phenoxy) is 4. The van der Waals surface area contributed by atoms with Crippen LogP contribution in [0.25, 0.3) is 0 Å². The van der Waals surface area contributed by atoms with Gasteiger partial charge in [0.2, 0.25) is 11.4 Å². The van der Waals surface area contributed by atoms with Crippen molar-refractivity contribution >= 4 is 11.8 Å². The number of hydrogen-bond donors (Lipinski definition) is 0. The zero-order valence-electron chi connectivity index (χ0n) is 12.3. The predicted octanol–water partition coefficient (Wildman–Crippen LogP) is 1.15. The lowest BCUT2D eigenvalue weighted by Gasteiger charge is -2.22. The second-order valence-electron chi connectivity index (χ2n) is 5.48. The molecule has 0 aliphatic carbocycles. The van der Waals surface area contributed by atoms with E-state index in [4.69, 9.17) is 18.9 Å². The van der Waals surface area contributed by atoms with E-state index in [-0.39, 0.29) is 19.6 Å². The maximum absolute atomic E-state index is 12.6. The van der Waals surface area contributed by atoms with Crippen molar-refractivity contribution in [2.45, 2.75) is 43.9 Å². The van der Waals surface area contributed by atoms with Gasteiger partial charge in [0.05, 0.1) is 13.2 Å². The van der Waals surface area contributed by atoms with E-state index >= 15 is 0 Å². The van der Waals surface area contributed by atoms with Gasteiger partial charge in [0.25, 0.3) is 0 Å². The normalized spacial score (nSPS) is 34.8. The van der Waals surface area contributed by atoms with Crippen LogP contribution in [0.4, 0.5) is 0 Å². The lowest BCUT2D eigenvalue weighted by molar-refractivity contribution is -0.167. The summed E-state index contributed by atoms with van der Waals surface area (Å²) in [6, 6.07) is 0. The lowest BCUT2D eigenvalue weighted by Crippen LogP contribution is -2.47. The van der Waals surface area contributed by atoms with E-state index in [1.54, 1.807) is 13.8 Å². The Morgan fingerprint density at radius 3 is 2.57 bits per heavy atom. The molecule has 0 spiro atoms. The number of Topliss-reactive ketones (excluding diaryl/α,β-unsaturated/α-hetero) is 1. The molecule has 6 heteroatoms. The molecular formula is C15H20O6. The maximum Gasteiger partial charge on any atom is 0.347 e. The SMILES string of the molecule is C=CCO[C@]1(CC=C)C(=O)O[C@H]([C@@H]2COC(C)(C)O2)C1=O. The molecule has 21 heavy (non-hydrogen) atoms. The Hall–Kier alpha value is -1.50. The fourth-order valence-electron chi connectivity index (χ4n) is 2.48.